The fourth-order valence-electron chi connectivity index (χ4n) is 2.10. The molecule has 0 aliphatic carbocycles. The molecule has 2 rings (SSSR count). The predicted molar refractivity (Wildman–Crippen MR) is 67.5 cm³/mol. The molecule has 0 bridgehead atoms. The van der Waals surface area contributed by atoms with Gasteiger partial charge in [0.15, 0.2) is 0 Å². The lowest BCUT2D eigenvalue weighted by atomic mass is 10.1. The molecule has 0 unspecified atom stereocenters. The van der Waals surface area contributed by atoms with Crippen LogP contribution in [0.3, 0.4) is 0 Å². The van der Waals surface area contributed by atoms with Crippen molar-refractivity contribution in [2.45, 2.75) is 12.8 Å². The number of amides is 1. The van der Waals surface area contributed by atoms with E-state index in [9.17, 15) is 9.59 Å². The van der Waals surface area contributed by atoms with Crippen molar-refractivity contribution < 1.29 is 14.7 Å². The van der Waals surface area contributed by atoms with Gasteiger partial charge in [0.2, 0.25) is 5.91 Å². The maximum atomic E-state index is 12.0. The van der Waals surface area contributed by atoms with Crippen molar-refractivity contribution in [1.29, 1.82) is 0 Å². The Labute approximate surface area is 110 Å². The van der Waals surface area contributed by atoms with Crippen LogP contribution in [0, 0.1) is 5.92 Å². The van der Waals surface area contributed by atoms with E-state index in [4.69, 9.17) is 16.7 Å². The molecule has 1 aromatic rings. The first-order valence-electron chi connectivity index (χ1n) is 5.82. The Morgan fingerprint density at radius 2 is 2.11 bits per heavy atom. The van der Waals surface area contributed by atoms with Crippen molar-refractivity contribution in [3.63, 3.8) is 0 Å². The minimum Gasteiger partial charge on any atom is -0.481 e. The molecule has 1 amide bonds. The normalized spacial score (nSPS) is 18.9. The molecular formula is C13H14ClNO3. The van der Waals surface area contributed by atoms with Crippen LogP contribution in [0.4, 0.5) is 0 Å². The van der Waals surface area contributed by atoms with Crippen molar-refractivity contribution in [3.8, 4) is 0 Å². The first-order valence-corrected chi connectivity index (χ1v) is 6.19. The highest BCUT2D eigenvalue weighted by atomic mass is 35.5. The quantitative estimate of drug-likeness (QED) is 0.909. The van der Waals surface area contributed by atoms with Gasteiger partial charge in [-0.3, -0.25) is 9.59 Å². The van der Waals surface area contributed by atoms with Crippen LogP contribution in [0.5, 0.6) is 0 Å². The number of carboxylic acids is 1. The second kappa shape index (κ2) is 5.40. The van der Waals surface area contributed by atoms with Crippen LogP contribution in [-0.2, 0) is 16.0 Å². The van der Waals surface area contributed by atoms with Crippen LogP contribution in [0.1, 0.15) is 12.0 Å². The summed E-state index contributed by atoms with van der Waals surface area (Å²) in [6.07, 6.45) is 0.760. The Bertz CT molecular complexity index is 475. The smallest absolute Gasteiger partial charge is 0.308 e. The van der Waals surface area contributed by atoms with Gasteiger partial charge in [0.05, 0.1) is 12.3 Å². The van der Waals surface area contributed by atoms with E-state index in [0.29, 0.717) is 24.5 Å². The first-order chi connectivity index (χ1) is 8.58. The molecule has 1 aliphatic heterocycles. The molecule has 1 heterocycles. The van der Waals surface area contributed by atoms with E-state index in [1.165, 1.54) is 0 Å². The molecule has 1 atom stereocenters. The highest BCUT2D eigenvalue weighted by Gasteiger charge is 2.30. The fraction of sp³-hybridized carbons (Fsp3) is 0.385. The van der Waals surface area contributed by atoms with Crippen molar-refractivity contribution in [2.75, 3.05) is 13.1 Å². The first kappa shape index (κ1) is 12.9. The largest absolute Gasteiger partial charge is 0.481 e. The molecule has 4 nitrogen and oxygen atoms in total. The molecule has 1 fully saturated rings. The van der Waals surface area contributed by atoms with Crippen molar-refractivity contribution in [1.82, 2.24) is 4.90 Å². The minimum absolute atomic E-state index is 0.0631. The number of likely N-dealkylation sites (tertiary alicyclic amines) is 1. The zero-order chi connectivity index (χ0) is 13.1. The Morgan fingerprint density at radius 1 is 1.39 bits per heavy atom. The summed E-state index contributed by atoms with van der Waals surface area (Å²) >= 11 is 5.99. The summed E-state index contributed by atoms with van der Waals surface area (Å²) < 4.78 is 0. The van der Waals surface area contributed by atoms with Crippen molar-refractivity contribution in [3.05, 3.63) is 34.9 Å². The van der Waals surface area contributed by atoms with Crippen LogP contribution in [0.2, 0.25) is 5.02 Å². The third-order valence-corrected chi connectivity index (χ3v) is 3.56. The molecule has 96 valence electrons. The Kier molecular flexibility index (Phi) is 3.87. The lowest BCUT2D eigenvalue weighted by molar-refractivity contribution is -0.141. The van der Waals surface area contributed by atoms with Gasteiger partial charge in [-0.25, -0.2) is 0 Å². The topological polar surface area (TPSA) is 57.6 Å². The maximum absolute atomic E-state index is 12.0. The molecule has 1 aliphatic rings. The van der Waals surface area contributed by atoms with Crippen LogP contribution < -0.4 is 0 Å². The summed E-state index contributed by atoms with van der Waals surface area (Å²) in [5, 5.41) is 9.46. The van der Waals surface area contributed by atoms with Crippen LogP contribution >= 0.6 is 11.6 Å². The summed E-state index contributed by atoms with van der Waals surface area (Å²) in [4.78, 5) is 24.4. The average Bonchev–Trinajstić information content (AvgIpc) is 2.81. The summed E-state index contributed by atoms with van der Waals surface area (Å²) in [7, 11) is 0. The van der Waals surface area contributed by atoms with E-state index in [-0.39, 0.29) is 12.3 Å². The van der Waals surface area contributed by atoms with Gasteiger partial charge < -0.3 is 10.0 Å². The number of nitrogens with zero attached hydrogens (tertiary/aromatic N) is 1. The molecule has 0 radical (unpaired) electrons. The van der Waals surface area contributed by atoms with Crippen molar-refractivity contribution >= 4 is 23.5 Å². The fourth-order valence-corrected chi connectivity index (χ4v) is 2.31. The molecule has 5 heteroatoms. The van der Waals surface area contributed by atoms with E-state index >= 15 is 0 Å². The number of halogens is 1. The Hall–Kier alpha value is -1.55. The van der Waals surface area contributed by atoms with E-state index in [0.717, 1.165) is 5.56 Å². The van der Waals surface area contributed by atoms with Gasteiger partial charge >= 0.3 is 5.97 Å². The Morgan fingerprint density at radius 3 is 2.72 bits per heavy atom. The lowest BCUT2D eigenvalue weighted by Crippen LogP contribution is -2.31. The number of benzene rings is 1. The summed E-state index contributed by atoms with van der Waals surface area (Å²) in [6, 6.07) is 7.20. The van der Waals surface area contributed by atoms with Crippen molar-refractivity contribution in [2.24, 2.45) is 5.92 Å². The Balaban J connectivity index is 1.98. The number of hydrogen-bond donors (Lipinski definition) is 1. The molecule has 18 heavy (non-hydrogen) atoms. The molecule has 0 saturated carbocycles. The molecule has 1 saturated heterocycles. The number of carboxylic acid groups (broad SMARTS) is 1. The van der Waals surface area contributed by atoms with Gasteiger partial charge in [0, 0.05) is 18.1 Å². The molecule has 0 spiro atoms. The second-order valence-corrected chi connectivity index (χ2v) is 4.84. The van der Waals surface area contributed by atoms with Crippen LogP contribution in [0.25, 0.3) is 0 Å². The standard InChI is InChI=1S/C13H14ClNO3/c14-11-4-2-1-3-9(11)7-12(16)15-6-5-10(8-15)13(17)18/h1-4,10H,5-8H2,(H,17,18)/t10-/m1/s1. The highest BCUT2D eigenvalue weighted by molar-refractivity contribution is 6.31. The third-order valence-electron chi connectivity index (χ3n) is 3.19. The van der Waals surface area contributed by atoms with E-state index in [1.54, 1.807) is 11.0 Å². The molecular weight excluding hydrogens is 254 g/mol. The number of hydrogen-bond acceptors (Lipinski definition) is 2. The van der Waals surface area contributed by atoms with Gasteiger partial charge in [0.25, 0.3) is 0 Å². The SMILES string of the molecule is O=C(O)[C@@H]1CCN(C(=O)Cc2ccccc2Cl)C1. The zero-order valence-electron chi connectivity index (χ0n) is 9.80. The molecule has 0 aromatic heterocycles. The van der Waals surface area contributed by atoms with E-state index in [2.05, 4.69) is 0 Å². The van der Waals surface area contributed by atoms with E-state index in [1.807, 2.05) is 18.2 Å². The number of aliphatic carboxylic acids is 1. The lowest BCUT2D eigenvalue weighted by Gasteiger charge is -2.16. The molecule has 1 aromatic carbocycles. The summed E-state index contributed by atoms with van der Waals surface area (Å²) in [6.45, 7) is 0.818. The number of carbonyl (C=O) groups excluding carboxylic acids is 1. The zero-order valence-corrected chi connectivity index (χ0v) is 10.6. The van der Waals surface area contributed by atoms with Gasteiger partial charge in [-0.2, -0.15) is 0 Å². The second-order valence-electron chi connectivity index (χ2n) is 4.43. The summed E-state index contributed by atoms with van der Waals surface area (Å²) in [5.74, 6) is -1.32. The van der Waals surface area contributed by atoms with E-state index < -0.39 is 11.9 Å². The van der Waals surface area contributed by atoms with Crippen LogP contribution in [0.15, 0.2) is 24.3 Å². The average molecular weight is 268 g/mol. The summed E-state index contributed by atoms with van der Waals surface area (Å²) in [5.41, 5.74) is 0.781. The molecule has 1 N–H and O–H groups in total. The maximum Gasteiger partial charge on any atom is 0.308 e. The van der Waals surface area contributed by atoms with Gasteiger partial charge in [0.1, 0.15) is 0 Å². The van der Waals surface area contributed by atoms with Crippen LogP contribution in [-0.4, -0.2) is 35.0 Å². The van der Waals surface area contributed by atoms with Gasteiger partial charge in [-0.15, -0.1) is 0 Å². The highest BCUT2D eigenvalue weighted by Crippen LogP contribution is 2.20. The minimum atomic E-state index is -0.831. The third kappa shape index (κ3) is 2.82. The van der Waals surface area contributed by atoms with Gasteiger partial charge in [-0.1, -0.05) is 29.8 Å². The predicted octanol–water partition coefficient (Wildman–Crippen LogP) is 1.82. The number of carbonyl (C=O) groups is 2. The monoisotopic (exact) mass is 267 g/mol. The van der Waals surface area contributed by atoms with Gasteiger partial charge in [-0.05, 0) is 18.1 Å². The number of rotatable bonds is 3.